The Kier molecular flexibility index (Phi) is 4.98. The third-order valence-electron chi connectivity index (χ3n) is 2.75. The molecule has 1 heterocycles. The Morgan fingerprint density at radius 2 is 2.24 bits per heavy atom. The summed E-state index contributed by atoms with van der Waals surface area (Å²) >= 11 is 1.38. The first-order valence-electron chi connectivity index (χ1n) is 6.26. The van der Waals surface area contributed by atoms with Crippen LogP contribution in [0.5, 0.6) is 0 Å². The van der Waals surface area contributed by atoms with Crippen molar-refractivity contribution in [2.45, 2.75) is 5.16 Å². The molecule has 0 radical (unpaired) electrons. The van der Waals surface area contributed by atoms with Gasteiger partial charge in [-0.3, -0.25) is 0 Å². The van der Waals surface area contributed by atoms with Crippen molar-refractivity contribution in [1.82, 2.24) is 9.97 Å². The van der Waals surface area contributed by atoms with Gasteiger partial charge in [0, 0.05) is 17.8 Å². The number of nitrogens with one attached hydrogen (secondary N) is 1. The van der Waals surface area contributed by atoms with E-state index in [2.05, 4.69) is 21.4 Å². The summed E-state index contributed by atoms with van der Waals surface area (Å²) in [5, 5.41) is 21.8. The fourth-order valence-corrected chi connectivity index (χ4v) is 2.20. The SMILES string of the molecule is CSc1nc(NCCO)c(C#N)c(-c2cccc(N)c2)n1. The summed E-state index contributed by atoms with van der Waals surface area (Å²) in [6.07, 6.45) is 1.86. The molecule has 0 unspecified atom stereocenters. The fraction of sp³-hybridized carbons (Fsp3) is 0.214. The Morgan fingerprint density at radius 3 is 2.86 bits per heavy atom. The summed E-state index contributed by atoms with van der Waals surface area (Å²) in [6.45, 7) is 0.271. The van der Waals surface area contributed by atoms with Crippen molar-refractivity contribution in [3.8, 4) is 17.3 Å². The number of nitrogen functional groups attached to an aromatic ring is 1. The number of thioether (sulfide) groups is 1. The zero-order valence-electron chi connectivity index (χ0n) is 11.5. The number of aliphatic hydroxyl groups excluding tert-OH is 1. The molecule has 2 rings (SSSR count). The molecule has 1 aromatic carbocycles. The summed E-state index contributed by atoms with van der Waals surface area (Å²) in [4.78, 5) is 8.70. The van der Waals surface area contributed by atoms with Gasteiger partial charge >= 0.3 is 0 Å². The molecule has 0 atom stereocenters. The lowest BCUT2D eigenvalue weighted by Crippen LogP contribution is -2.10. The number of nitriles is 1. The van der Waals surface area contributed by atoms with Gasteiger partial charge in [0.1, 0.15) is 17.5 Å². The number of aromatic nitrogens is 2. The van der Waals surface area contributed by atoms with E-state index in [-0.39, 0.29) is 6.61 Å². The standard InChI is InChI=1S/C14H15N5OS/c1-21-14-18-12(9-3-2-4-10(16)7-9)11(8-15)13(19-14)17-5-6-20/h2-4,7,20H,5-6,16H2,1H3,(H,17,18,19). The van der Waals surface area contributed by atoms with Crippen molar-refractivity contribution in [3.05, 3.63) is 29.8 Å². The summed E-state index contributed by atoms with van der Waals surface area (Å²) in [7, 11) is 0. The Hall–Kier alpha value is -2.30. The fourth-order valence-electron chi connectivity index (χ4n) is 1.83. The highest BCUT2D eigenvalue weighted by atomic mass is 32.2. The quantitative estimate of drug-likeness (QED) is 0.438. The summed E-state index contributed by atoms with van der Waals surface area (Å²) < 4.78 is 0. The van der Waals surface area contributed by atoms with E-state index in [1.54, 1.807) is 12.1 Å². The number of nitrogens with two attached hydrogens (primary N) is 1. The average Bonchev–Trinajstić information content (AvgIpc) is 2.51. The third-order valence-corrected chi connectivity index (χ3v) is 3.29. The Morgan fingerprint density at radius 1 is 1.43 bits per heavy atom. The molecule has 0 aliphatic rings. The predicted molar refractivity (Wildman–Crippen MR) is 84.0 cm³/mol. The molecule has 7 heteroatoms. The first-order valence-corrected chi connectivity index (χ1v) is 7.48. The van der Waals surface area contributed by atoms with Crippen molar-refractivity contribution in [1.29, 1.82) is 5.26 Å². The van der Waals surface area contributed by atoms with Crippen molar-refractivity contribution >= 4 is 23.3 Å². The minimum Gasteiger partial charge on any atom is -0.399 e. The largest absolute Gasteiger partial charge is 0.399 e. The van der Waals surface area contributed by atoms with Gasteiger partial charge in [-0.05, 0) is 18.4 Å². The van der Waals surface area contributed by atoms with Gasteiger partial charge in [0.25, 0.3) is 0 Å². The topological polar surface area (TPSA) is 108 Å². The number of hydrogen-bond acceptors (Lipinski definition) is 7. The van der Waals surface area contributed by atoms with Crippen molar-refractivity contribution in [2.75, 3.05) is 30.5 Å². The molecule has 1 aromatic heterocycles. The second kappa shape index (κ2) is 6.92. The molecule has 0 fully saturated rings. The Bertz CT molecular complexity index is 684. The number of hydrogen-bond donors (Lipinski definition) is 3. The highest BCUT2D eigenvalue weighted by Gasteiger charge is 2.15. The third kappa shape index (κ3) is 3.42. The summed E-state index contributed by atoms with van der Waals surface area (Å²) in [5.41, 5.74) is 8.03. The van der Waals surface area contributed by atoms with Gasteiger partial charge in [-0.2, -0.15) is 5.26 Å². The van der Waals surface area contributed by atoms with Crippen LogP contribution >= 0.6 is 11.8 Å². The van der Waals surface area contributed by atoms with Gasteiger partial charge in [0.05, 0.1) is 12.3 Å². The van der Waals surface area contributed by atoms with Crippen LogP contribution in [0.2, 0.25) is 0 Å². The zero-order chi connectivity index (χ0) is 15.2. The van der Waals surface area contributed by atoms with E-state index >= 15 is 0 Å². The van der Waals surface area contributed by atoms with Gasteiger partial charge in [-0.25, -0.2) is 9.97 Å². The van der Waals surface area contributed by atoms with E-state index in [1.165, 1.54) is 11.8 Å². The minimum absolute atomic E-state index is 0.0446. The molecular formula is C14H15N5OS. The second-order valence-corrected chi connectivity index (χ2v) is 4.94. The number of nitrogens with zero attached hydrogens (tertiary/aromatic N) is 3. The molecule has 0 amide bonds. The van der Waals surface area contributed by atoms with Crippen molar-refractivity contribution in [3.63, 3.8) is 0 Å². The van der Waals surface area contributed by atoms with Gasteiger partial charge in [0.15, 0.2) is 5.16 Å². The van der Waals surface area contributed by atoms with Crippen LogP contribution in [0.1, 0.15) is 5.56 Å². The second-order valence-electron chi connectivity index (χ2n) is 4.17. The maximum Gasteiger partial charge on any atom is 0.189 e. The van der Waals surface area contributed by atoms with Crippen molar-refractivity contribution in [2.24, 2.45) is 0 Å². The highest BCUT2D eigenvalue weighted by Crippen LogP contribution is 2.29. The van der Waals surface area contributed by atoms with Crippen LogP contribution in [-0.4, -0.2) is 34.5 Å². The van der Waals surface area contributed by atoms with E-state index in [1.807, 2.05) is 18.4 Å². The van der Waals surface area contributed by atoms with Gasteiger partial charge in [0.2, 0.25) is 0 Å². The summed E-state index contributed by atoms with van der Waals surface area (Å²) in [6, 6.07) is 9.32. The molecule has 0 aliphatic heterocycles. The normalized spacial score (nSPS) is 10.1. The van der Waals surface area contributed by atoms with Crippen LogP contribution in [0, 0.1) is 11.3 Å². The van der Waals surface area contributed by atoms with Gasteiger partial charge < -0.3 is 16.2 Å². The van der Waals surface area contributed by atoms with E-state index in [4.69, 9.17) is 10.8 Å². The van der Waals surface area contributed by atoms with Gasteiger partial charge in [-0.15, -0.1) is 0 Å². The van der Waals surface area contributed by atoms with E-state index in [0.29, 0.717) is 34.5 Å². The lowest BCUT2D eigenvalue weighted by molar-refractivity contribution is 0.311. The van der Waals surface area contributed by atoms with Crippen LogP contribution in [0.4, 0.5) is 11.5 Å². The molecule has 4 N–H and O–H groups in total. The molecule has 0 saturated carbocycles. The number of anilines is 2. The maximum absolute atomic E-state index is 9.42. The molecule has 0 saturated heterocycles. The van der Waals surface area contributed by atoms with E-state index < -0.39 is 0 Å². The van der Waals surface area contributed by atoms with Crippen LogP contribution in [0.15, 0.2) is 29.4 Å². The molecule has 21 heavy (non-hydrogen) atoms. The summed E-state index contributed by atoms with van der Waals surface area (Å²) in [5.74, 6) is 0.420. The Balaban J connectivity index is 2.60. The lowest BCUT2D eigenvalue weighted by Gasteiger charge is -2.11. The monoisotopic (exact) mass is 301 g/mol. The van der Waals surface area contributed by atoms with Crippen LogP contribution in [0.3, 0.4) is 0 Å². The molecule has 0 bridgehead atoms. The molecule has 2 aromatic rings. The van der Waals surface area contributed by atoms with Gasteiger partial charge in [-0.1, -0.05) is 23.9 Å². The molecule has 0 aliphatic carbocycles. The smallest absolute Gasteiger partial charge is 0.189 e. The number of aliphatic hydroxyl groups is 1. The maximum atomic E-state index is 9.42. The molecular weight excluding hydrogens is 286 g/mol. The molecule has 6 nitrogen and oxygen atoms in total. The first-order chi connectivity index (χ1) is 10.2. The molecule has 0 spiro atoms. The van der Waals surface area contributed by atoms with Crippen molar-refractivity contribution < 1.29 is 5.11 Å². The molecule has 108 valence electrons. The van der Waals surface area contributed by atoms with E-state index in [9.17, 15) is 5.26 Å². The number of benzene rings is 1. The van der Waals surface area contributed by atoms with Crippen LogP contribution < -0.4 is 11.1 Å². The minimum atomic E-state index is -0.0446. The highest BCUT2D eigenvalue weighted by molar-refractivity contribution is 7.98. The number of rotatable bonds is 5. The van der Waals surface area contributed by atoms with Crippen LogP contribution in [-0.2, 0) is 0 Å². The van der Waals surface area contributed by atoms with Crippen LogP contribution in [0.25, 0.3) is 11.3 Å². The van der Waals surface area contributed by atoms with E-state index in [0.717, 1.165) is 5.56 Å². The predicted octanol–water partition coefficient (Wildman–Crippen LogP) is 1.72. The first kappa shape index (κ1) is 15.1. The zero-order valence-corrected chi connectivity index (χ0v) is 12.3. The average molecular weight is 301 g/mol. The Labute approximate surface area is 127 Å². The lowest BCUT2D eigenvalue weighted by atomic mass is 10.1.